The lowest BCUT2D eigenvalue weighted by atomic mass is 9.88. The Balaban J connectivity index is 1.69. The molecule has 0 fully saturated rings. The summed E-state index contributed by atoms with van der Waals surface area (Å²) in [6.45, 7) is 0. The Hall–Kier alpha value is -2.54. The Morgan fingerprint density at radius 1 is 0.885 bits per heavy atom. The third kappa shape index (κ3) is 2.54. The Bertz CT molecular complexity index is 1070. The molecule has 2 aliphatic rings. The second-order valence-corrected chi connectivity index (χ2v) is 7.67. The van der Waals surface area contributed by atoms with E-state index in [0.717, 1.165) is 12.8 Å². The minimum Gasteiger partial charge on any atom is -0.344 e. The van der Waals surface area contributed by atoms with Crippen molar-refractivity contribution < 1.29 is 0 Å². The molecule has 1 nitrogen and oxygen atoms in total. The number of hydrogen-bond donors (Lipinski definition) is 0. The van der Waals surface area contributed by atoms with Crippen molar-refractivity contribution >= 4 is 27.4 Å². The van der Waals surface area contributed by atoms with E-state index in [-0.39, 0.29) is 0 Å². The Morgan fingerprint density at radius 3 is 2.50 bits per heavy atom. The largest absolute Gasteiger partial charge is 0.344 e. The van der Waals surface area contributed by atoms with Crippen LogP contribution in [0.4, 0.5) is 0 Å². The topological polar surface area (TPSA) is 4.93 Å². The highest BCUT2D eigenvalue weighted by Gasteiger charge is 2.15. The summed E-state index contributed by atoms with van der Waals surface area (Å²) in [5, 5.41) is 2.77. The molecule has 2 aromatic carbocycles. The van der Waals surface area contributed by atoms with E-state index < -0.39 is 0 Å². The van der Waals surface area contributed by atoms with Crippen LogP contribution in [0, 0.1) is 0 Å². The summed E-state index contributed by atoms with van der Waals surface area (Å²) in [4.78, 5) is 0. The number of rotatable bonds is 2. The van der Waals surface area contributed by atoms with Crippen LogP contribution in [-0.2, 0) is 7.05 Å². The first-order chi connectivity index (χ1) is 12.8. The van der Waals surface area contributed by atoms with Gasteiger partial charge in [0.25, 0.3) is 0 Å². The van der Waals surface area contributed by atoms with Crippen molar-refractivity contribution in [2.45, 2.75) is 38.0 Å². The summed E-state index contributed by atoms with van der Waals surface area (Å²) in [7, 11) is 2.18. The summed E-state index contributed by atoms with van der Waals surface area (Å²) in [5.74, 6) is 0.579. The lowest BCUT2D eigenvalue weighted by Crippen LogP contribution is -1.99. The van der Waals surface area contributed by atoms with E-state index in [2.05, 4.69) is 78.4 Å². The minimum absolute atomic E-state index is 0.579. The van der Waals surface area contributed by atoms with Crippen molar-refractivity contribution in [2.75, 3.05) is 0 Å². The second-order valence-electron chi connectivity index (χ2n) is 7.67. The average Bonchev–Trinajstić information content (AvgIpc) is 3.01. The van der Waals surface area contributed by atoms with Gasteiger partial charge in [-0.25, -0.2) is 0 Å². The van der Waals surface area contributed by atoms with Crippen LogP contribution in [0.3, 0.4) is 0 Å². The summed E-state index contributed by atoms with van der Waals surface area (Å²) in [6, 6.07) is 14.0. The third-order valence-electron chi connectivity index (χ3n) is 6.04. The molecular formula is C25H25N. The molecule has 2 aliphatic carbocycles. The average molecular weight is 339 g/mol. The molecule has 0 N–H and O–H groups in total. The fourth-order valence-corrected chi connectivity index (χ4v) is 4.56. The lowest BCUT2D eigenvalue weighted by Gasteiger charge is -2.16. The van der Waals surface area contributed by atoms with E-state index >= 15 is 0 Å². The van der Waals surface area contributed by atoms with E-state index in [0.29, 0.717) is 5.92 Å². The van der Waals surface area contributed by atoms with Crippen LogP contribution in [0.5, 0.6) is 0 Å². The normalized spacial score (nSPS) is 20.0. The van der Waals surface area contributed by atoms with Crippen molar-refractivity contribution in [1.29, 1.82) is 0 Å². The van der Waals surface area contributed by atoms with E-state index in [1.165, 1.54) is 57.8 Å². The molecule has 1 unspecified atom stereocenters. The van der Waals surface area contributed by atoms with E-state index in [9.17, 15) is 0 Å². The smallest absolute Gasteiger partial charge is 0.0489 e. The number of aryl methyl sites for hydroxylation is 1. The van der Waals surface area contributed by atoms with Crippen molar-refractivity contribution in [2.24, 2.45) is 7.05 Å². The van der Waals surface area contributed by atoms with Crippen molar-refractivity contribution in [3.8, 4) is 0 Å². The van der Waals surface area contributed by atoms with Gasteiger partial charge in [0.15, 0.2) is 0 Å². The molecule has 0 radical (unpaired) electrons. The van der Waals surface area contributed by atoms with Gasteiger partial charge in [-0.05, 0) is 73.1 Å². The SMILES string of the molecule is Cn1c2ccc(C3=CCCC=C3)cc2c2cc(C3C=CCCC3)ccc21. The predicted octanol–water partition coefficient (Wildman–Crippen LogP) is 6.89. The monoisotopic (exact) mass is 339 g/mol. The van der Waals surface area contributed by atoms with Gasteiger partial charge < -0.3 is 4.57 Å². The van der Waals surface area contributed by atoms with Crippen LogP contribution < -0.4 is 0 Å². The van der Waals surface area contributed by atoms with Crippen LogP contribution >= 0.6 is 0 Å². The van der Waals surface area contributed by atoms with Crippen molar-refractivity contribution in [3.05, 3.63) is 77.9 Å². The highest BCUT2D eigenvalue weighted by atomic mass is 14.9. The number of nitrogens with zero attached hydrogens (tertiary/aromatic N) is 1. The molecule has 0 saturated heterocycles. The van der Waals surface area contributed by atoms with E-state index in [4.69, 9.17) is 0 Å². The first-order valence-corrected chi connectivity index (χ1v) is 9.87. The van der Waals surface area contributed by atoms with Gasteiger partial charge in [0.05, 0.1) is 0 Å². The molecule has 1 aromatic heterocycles. The quantitative estimate of drug-likeness (QED) is 0.448. The maximum absolute atomic E-state index is 2.44. The highest BCUT2D eigenvalue weighted by molar-refractivity contribution is 6.09. The van der Waals surface area contributed by atoms with Crippen molar-refractivity contribution in [3.63, 3.8) is 0 Å². The minimum atomic E-state index is 0.579. The number of benzene rings is 2. The number of hydrogen-bond acceptors (Lipinski definition) is 0. The zero-order chi connectivity index (χ0) is 17.5. The molecule has 0 aliphatic heterocycles. The molecule has 1 atom stereocenters. The van der Waals surface area contributed by atoms with Crippen LogP contribution in [0.1, 0.15) is 49.1 Å². The Kier molecular flexibility index (Phi) is 3.81. The zero-order valence-electron chi connectivity index (χ0n) is 15.4. The zero-order valence-corrected chi connectivity index (χ0v) is 15.4. The molecule has 5 rings (SSSR count). The molecule has 0 amide bonds. The van der Waals surface area contributed by atoms with Gasteiger partial charge >= 0.3 is 0 Å². The molecule has 1 heterocycles. The standard InChI is InChI=1S/C25H25N/c1-26-24-14-12-20(18-8-4-2-5-9-18)16-22(24)23-17-21(13-15-25(23)26)19-10-6-3-7-11-19/h4,6,8-10,12-17,19H,2-3,5,7,11H2,1H3. The summed E-state index contributed by atoms with van der Waals surface area (Å²) >= 11 is 0. The number of fused-ring (bicyclic) bond motifs is 3. The van der Waals surface area contributed by atoms with Gasteiger partial charge in [0.1, 0.15) is 0 Å². The fraction of sp³-hybridized carbons (Fsp3) is 0.280. The van der Waals surface area contributed by atoms with Gasteiger partial charge in [-0.15, -0.1) is 0 Å². The third-order valence-corrected chi connectivity index (χ3v) is 6.04. The maximum Gasteiger partial charge on any atom is 0.0489 e. The lowest BCUT2D eigenvalue weighted by molar-refractivity contribution is 0.655. The molecule has 26 heavy (non-hydrogen) atoms. The summed E-state index contributed by atoms with van der Waals surface area (Å²) in [5.41, 5.74) is 6.81. The molecule has 0 bridgehead atoms. The van der Waals surface area contributed by atoms with Gasteiger partial charge in [-0.1, -0.05) is 42.5 Å². The molecule has 3 aromatic rings. The van der Waals surface area contributed by atoms with Crippen LogP contribution in [0.2, 0.25) is 0 Å². The fourth-order valence-electron chi connectivity index (χ4n) is 4.56. The molecule has 0 spiro atoms. The molecular weight excluding hydrogens is 314 g/mol. The summed E-state index contributed by atoms with van der Waals surface area (Å²) < 4.78 is 2.33. The maximum atomic E-state index is 2.44. The number of aromatic nitrogens is 1. The first-order valence-electron chi connectivity index (χ1n) is 9.87. The molecule has 0 saturated carbocycles. The van der Waals surface area contributed by atoms with Crippen LogP contribution in [0.25, 0.3) is 27.4 Å². The molecule has 1 heteroatoms. The summed E-state index contributed by atoms with van der Waals surface area (Å²) in [6.07, 6.45) is 17.8. The predicted molar refractivity (Wildman–Crippen MR) is 113 cm³/mol. The van der Waals surface area contributed by atoms with Gasteiger partial charge in [0.2, 0.25) is 0 Å². The first kappa shape index (κ1) is 15.7. The molecule has 130 valence electrons. The van der Waals surface area contributed by atoms with Gasteiger partial charge in [-0.3, -0.25) is 0 Å². The van der Waals surface area contributed by atoms with Gasteiger partial charge in [-0.2, -0.15) is 0 Å². The highest BCUT2D eigenvalue weighted by Crippen LogP contribution is 2.35. The van der Waals surface area contributed by atoms with Crippen molar-refractivity contribution in [1.82, 2.24) is 4.57 Å². The Morgan fingerprint density at radius 2 is 1.73 bits per heavy atom. The van der Waals surface area contributed by atoms with Crippen LogP contribution in [-0.4, -0.2) is 4.57 Å². The van der Waals surface area contributed by atoms with E-state index in [1.807, 2.05) is 0 Å². The van der Waals surface area contributed by atoms with E-state index in [1.54, 1.807) is 0 Å². The van der Waals surface area contributed by atoms with Crippen LogP contribution in [0.15, 0.2) is 66.8 Å². The van der Waals surface area contributed by atoms with Gasteiger partial charge in [0, 0.05) is 34.8 Å². The Labute approximate surface area is 155 Å². The number of allylic oxidation sites excluding steroid dienone is 6. The second kappa shape index (κ2) is 6.32.